The van der Waals surface area contributed by atoms with Crippen molar-refractivity contribution in [2.24, 2.45) is 0 Å². The Labute approximate surface area is 236 Å². The summed E-state index contributed by atoms with van der Waals surface area (Å²) in [7, 11) is 1.60. The topological polar surface area (TPSA) is 102 Å². The molecule has 1 fully saturated rings. The third-order valence-electron chi connectivity index (χ3n) is 7.04. The molecule has 1 N–H and O–H groups in total. The van der Waals surface area contributed by atoms with E-state index >= 15 is 0 Å². The number of methoxy groups -OCH3 is 1. The first-order valence-corrected chi connectivity index (χ1v) is 13.9. The van der Waals surface area contributed by atoms with Crippen molar-refractivity contribution in [1.82, 2.24) is 5.32 Å². The van der Waals surface area contributed by atoms with Gasteiger partial charge in [0.2, 0.25) is 11.8 Å². The largest absolute Gasteiger partial charge is 0.497 e. The number of hydrogen-bond donors (Lipinski definition) is 1. The highest BCUT2D eigenvalue weighted by Gasteiger charge is 2.34. The molecule has 1 aliphatic rings. The normalized spacial score (nSPS) is 14.3. The number of hydrogen-bond acceptors (Lipinski definition) is 5. The van der Waals surface area contributed by atoms with E-state index in [0.717, 1.165) is 47.9 Å². The van der Waals surface area contributed by atoms with Gasteiger partial charge in [-0.25, -0.2) is 0 Å². The molecule has 0 radical (unpaired) electrons. The van der Waals surface area contributed by atoms with Crippen molar-refractivity contribution in [3.63, 3.8) is 0 Å². The lowest BCUT2D eigenvalue weighted by Crippen LogP contribution is -2.47. The van der Waals surface area contributed by atoms with E-state index in [-0.39, 0.29) is 30.0 Å². The number of nitro groups is 1. The van der Waals surface area contributed by atoms with Crippen LogP contribution in [0.15, 0.2) is 77.3 Å². The van der Waals surface area contributed by atoms with E-state index in [1.54, 1.807) is 31.4 Å². The fourth-order valence-electron chi connectivity index (χ4n) is 4.93. The van der Waals surface area contributed by atoms with E-state index in [0.29, 0.717) is 17.7 Å². The van der Waals surface area contributed by atoms with Crippen molar-refractivity contribution in [2.75, 3.05) is 12.0 Å². The van der Waals surface area contributed by atoms with Crippen LogP contribution in [0, 0.1) is 10.1 Å². The Hall–Kier alpha value is -3.72. The molecule has 0 saturated heterocycles. The van der Waals surface area contributed by atoms with E-state index in [1.807, 2.05) is 36.4 Å². The van der Waals surface area contributed by atoms with Gasteiger partial charge in [-0.3, -0.25) is 24.6 Å². The van der Waals surface area contributed by atoms with Gasteiger partial charge in [0, 0.05) is 34.8 Å². The van der Waals surface area contributed by atoms with Crippen LogP contribution in [0.5, 0.6) is 5.75 Å². The molecule has 0 heterocycles. The minimum absolute atomic E-state index is 0.0352. The zero-order valence-electron chi connectivity index (χ0n) is 21.8. The molecule has 1 unspecified atom stereocenters. The Morgan fingerprint density at radius 2 is 1.64 bits per heavy atom. The van der Waals surface area contributed by atoms with Crippen LogP contribution in [-0.4, -0.2) is 29.9 Å². The minimum Gasteiger partial charge on any atom is -0.497 e. The van der Waals surface area contributed by atoms with Crippen LogP contribution in [0.2, 0.25) is 0 Å². The van der Waals surface area contributed by atoms with E-state index in [9.17, 15) is 19.7 Å². The van der Waals surface area contributed by atoms with Gasteiger partial charge in [-0.05, 0) is 78.9 Å². The zero-order chi connectivity index (χ0) is 27.8. The van der Waals surface area contributed by atoms with Crippen molar-refractivity contribution < 1.29 is 19.2 Å². The first-order valence-electron chi connectivity index (χ1n) is 13.1. The molecular formula is C30H32BrN3O5. The van der Waals surface area contributed by atoms with Gasteiger partial charge in [0.1, 0.15) is 11.8 Å². The lowest BCUT2D eigenvalue weighted by atomic mass is 9.94. The molecule has 3 aromatic carbocycles. The lowest BCUT2D eigenvalue weighted by molar-refractivity contribution is -0.384. The Bertz CT molecular complexity index is 1270. The van der Waals surface area contributed by atoms with Crippen molar-refractivity contribution in [2.45, 2.75) is 57.0 Å². The highest BCUT2D eigenvalue weighted by atomic mass is 79.9. The Morgan fingerprint density at radius 1 is 1.00 bits per heavy atom. The molecule has 0 aliphatic heterocycles. The highest BCUT2D eigenvalue weighted by molar-refractivity contribution is 9.10. The molecule has 2 amide bonds. The number of nitrogens with one attached hydrogen (secondary N) is 1. The van der Waals surface area contributed by atoms with Crippen LogP contribution in [0.1, 0.15) is 55.7 Å². The molecule has 1 aliphatic carbocycles. The predicted octanol–water partition coefficient (Wildman–Crippen LogP) is 6.52. The number of benzene rings is 3. The van der Waals surface area contributed by atoms with Crippen LogP contribution < -0.4 is 15.0 Å². The Balaban J connectivity index is 1.69. The van der Waals surface area contributed by atoms with Gasteiger partial charge in [-0.1, -0.05) is 47.3 Å². The summed E-state index contributed by atoms with van der Waals surface area (Å²) in [6.07, 6.45) is 5.67. The number of carbonyl (C=O) groups excluding carboxylic acids is 2. The Morgan fingerprint density at radius 3 is 2.23 bits per heavy atom. The second-order valence-corrected chi connectivity index (χ2v) is 10.6. The van der Waals surface area contributed by atoms with E-state index in [4.69, 9.17) is 4.74 Å². The van der Waals surface area contributed by atoms with Crippen molar-refractivity contribution in [3.05, 3.63) is 98.5 Å². The second-order valence-electron chi connectivity index (χ2n) is 9.68. The van der Waals surface area contributed by atoms with E-state index in [1.165, 1.54) is 17.0 Å². The van der Waals surface area contributed by atoms with Crippen LogP contribution >= 0.6 is 15.9 Å². The van der Waals surface area contributed by atoms with E-state index in [2.05, 4.69) is 21.2 Å². The minimum atomic E-state index is -0.989. The summed E-state index contributed by atoms with van der Waals surface area (Å²) in [5, 5.41) is 14.5. The van der Waals surface area contributed by atoms with Crippen LogP contribution in [0.25, 0.3) is 0 Å². The third-order valence-corrected chi connectivity index (χ3v) is 7.57. The molecule has 1 atom stereocenters. The number of amides is 2. The van der Waals surface area contributed by atoms with Crippen molar-refractivity contribution >= 4 is 39.1 Å². The number of anilines is 1. The SMILES string of the molecule is COc1ccc(CCC(=O)N(c2ccc(Br)cc2)C(C(=O)NC2CCCCC2)c2ccc([N+](=O)[O-])cc2)cc1. The molecule has 0 bridgehead atoms. The zero-order valence-corrected chi connectivity index (χ0v) is 23.4. The number of carbonyl (C=O) groups is 2. The van der Waals surface area contributed by atoms with Gasteiger partial charge < -0.3 is 10.1 Å². The second kappa shape index (κ2) is 13.4. The summed E-state index contributed by atoms with van der Waals surface area (Å²) >= 11 is 3.45. The number of rotatable bonds is 10. The molecule has 39 heavy (non-hydrogen) atoms. The smallest absolute Gasteiger partial charge is 0.269 e. The molecule has 0 spiro atoms. The van der Waals surface area contributed by atoms with Gasteiger partial charge in [0.25, 0.3) is 5.69 Å². The number of aryl methyl sites for hydroxylation is 1. The van der Waals surface area contributed by atoms with Gasteiger partial charge in [-0.15, -0.1) is 0 Å². The summed E-state index contributed by atoms with van der Waals surface area (Å²) in [4.78, 5) is 40.1. The average Bonchev–Trinajstić information content (AvgIpc) is 2.96. The molecule has 0 aromatic heterocycles. The quantitative estimate of drug-likeness (QED) is 0.213. The number of ether oxygens (including phenoxy) is 1. The summed E-state index contributed by atoms with van der Waals surface area (Å²) < 4.78 is 6.07. The first-order chi connectivity index (χ1) is 18.9. The summed E-state index contributed by atoms with van der Waals surface area (Å²) in [6, 6.07) is 19.7. The summed E-state index contributed by atoms with van der Waals surface area (Å²) in [5.74, 6) is 0.214. The maximum Gasteiger partial charge on any atom is 0.269 e. The third kappa shape index (κ3) is 7.44. The summed E-state index contributed by atoms with van der Waals surface area (Å²) in [5.41, 5.74) is 1.97. The van der Waals surface area contributed by atoms with E-state index < -0.39 is 11.0 Å². The lowest BCUT2D eigenvalue weighted by Gasteiger charge is -2.33. The standard InChI is InChI=1S/C30H32BrN3O5/c1-39-27-18-7-21(8-19-27)9-20-28(35)33(25-16-12-23(31)13-17-25)29(22-10-14-26(15-11-22)34(37)38)30(36)32-24-5-3-2-4-6-24/h7-8,10-19,24,29H,2-6,9,20H2,1H3,(H,32,36). The molecule has 204 valence electrons. The Kier molecular flexibility index (Phi) is 9.70. The van der Waals surface area contributed by atoms with Crippen molar-refractivity contribution in [1.29, 1.82) is 0 Å². The van der Waals surface area contributed by atoms with Crippen LogP contribution in [0.4, 0.5) is 11.4 Å². The predicted molar refractivity (Wildman–Crippen MR) is 154 cm³/mol. The number of nitrogens with zero attached hydrogens (tertiary/aromatic N) is 2. The fourth-order valence-corrected chi connectivity index (χ4v) is 5.19. The number of non-ortho nitro benzene ring substituents is 1. The van der Waals surface area contributed by atoms with Crippen LogP contribution in [-0.2, 0) is 16.0 Å². The summed E-state index contributed by atoms with van der Waals surface area (Å²) in [6.45, 7) is 0. The average molecular weight is 595 g/mol. The maximum absolute atomic E-state index is 13.9. The first kappa shape index (κ1) is 28.3. The molecule has 3 aromatic rings. The number of nitro benzene ring substituents is 1. The fraction of sp³-hybridized carbons (Fsp3) is 0.333. The van der Waals surface area contributed by atoms with Gasteiger partial charge in [-0.2, -0.15) is 0 Å². The molecule has 1 saturated carbocycles. The molecular weight excluding hydrogens is 562 g/mol. The van der Waals surface area contributed by atoms with Crippen LogP contribution in [0.3, 0.4) is 0 Å². The van der Waals surface area contributed by atoms with Crippen molar-refractivity contribution in [3.8, 4) is 5.75 Å². The number of halogens is 1. The van der Waals surface area contributed by atoms with Gasteiger partial charge >= 0.3 is 0 Å². The maximum atomic E-state index is 13.9. The molecule has 9 heteroatoms. The monoisotopic (exact) mass is 593 g/mol. The van der Waals surface area contributed by atoms with Gasteiger partial charge in [0.05, 0.1) is 12.0 Å². The molecule has 4 rings (SSSR count). The highest BCUT2D eigenvalue weighted by Crippen LogP contribution is 2.32. The van der Waals surface area contributed by atoms with Gasteiger partial charge in [0.15, 0.2) is 0 Å². The molecule has 8 nitrogen and oxygen atoms in total.